The fourth-order valence-electron chi connectivity index (χ4n) is 2.20. The smallest absolute Gasteiger partial charge is 0.339 e. The molecule has 1 aliphatic rings. The van der Waals surface area contributed by atoms with E-state index in [1.165, 1.54) is 23.1 Å². The molecule has 1 aromatic rings. The van der Waals surface area contributed by atoms with Crippen molar-refractivity contribution in [2.75, 3.05) is 13.1 Å². The number of alkyl halides is 3. The lowest BCUT2D eigenvalue weighted by Crippen LogP contribution is -2.29. The lowest BCUT2D eigenvalue weighted by Gasteiger charge is -2.19. The molecule has 1 amide bonds. The maximum Gasteiger partial charge on any atom is 0.417 e. The van der Waals surface area contributed by atoms with Crippen molar-refractivity contribution in [3.8, 4) is 0 Å². The van der Waals surface area contributed by atoms with Gasteiger partial charge < -0.3 is 4.90 Å². The van der Waals surface area contributed by atoms with E-state index in [1.54, 1.807) is 0 Å². The predicted molar refractivity (Wildman–Crippen MR) is 66.7 cm³/mol. The van der Waals surface area contributed by atoms with Gasteiger partial charge >= 0.3 is 6.18 Å². The van der Waals surface area contributed by atoms with Crippen molar-refractivity contribution in [3.63, 3.8) is 0 Å². The monoisotopic (exact) mass is 269 g/mol. The first-order valence-electron chi connectivity index (χ1n) is 6.06. The Morgan fingerprint density at radius 2 is 1.89 bits per heavy atom. The van der Waals surface area contributed by atoms with E-state index < -0.39 is 17.6 Å². The molecule has 0 aliphatic carbocycles. The van der Waals surface area contributed by atoms with Gasteiger partial charge in [0.25, 0.3) is 5.91 Å². The third kappa shape index (κ3) is 2.80. The Balaban J connectivity index is 2.45. The highest BCUT2D eigenvalue weighted by Gasteiger charge is 2.36. The number of likely N-dealkylation sites (tertiary alicyclic amines) is 1. The minimum Gasteiger partial charge on any atom is -0.339 e. The number of benzene rings is 1. The number of hydrogen-bond donors (Lipinski definition) is 0. The van der Waals surface area contributed by atoms with Gasteiger partial charge in [0, 0.05) is 13.1 Å². The average Bonchev–Trinajstić information content (AvgIpc) is 2.89. The average molecular weight is 269 g/mol. The molecule has 0 radical (unpaired) electrons. The second kappa shape index (κ2) is 5.07. The van der Waals surface area contributed by atoms with E-state index in [1.807, 2.05) is 0 Å². The summed E-state index contributed by atoms with van der Waals surface area (Å²) >= 11 is 0. The van der Waals surface area contributed by atoms with Gasteiger partial charge in [-0.3, -0.25) is 4.79 Å². The molecule has 1 aromatic carbocycles. The number of rotatable bonds is 2. The van der Waals surface area contributed by atoms with Crippen LogP contribution in [0.25, 0.3) is 6.08 Å². The topological polar surface area (TPSA) is 20.3 Å². The summed E-state index contributed by atoms with van der Waals surface area (Å²) < 4.78 is 38.8. The third-order valence-electron chi connectivity index (χ3n) is 3.21. The van der Waals surface area contributed by atoms with Crippen LogP contribution in [-0.2, 0) is 6.18 Å². The van der Waals surface area contributed by atoms with E-state index in [0.717, 1.165) is 18.9 Å². The summed E-state index contributed by atoms with van der Waals surface area (Å²) in [6.45, 7) is 4.56. The number of amides is 1. The number of carbonyl (C=O) groups is 1. The second-order valence-corrected chi connectivity index (χ2v) is 4.51. The summed E-state index contributed by atoms with van der Waals surface area (Å²) in [5.41, 5.74) is -0.655. The fraction of sp³-hybridized carbons (Fsp3) is 0.357. The molecule has 102 valence electrons. The number of hydrogen-bond acceptors (Lipinski definition) is 1. The van der Waals surface area contributed by atoms with Crippen LogP contribution in [0.2, 0.25) is 0 Å². The first-order valence-corrected chi connectivity index (χ1v) is 6.06. The highest BCUT2D eigenvalue weighted by Crippen LogP contribution is 2.33. The van der Waals surface area contributed by atoms with Crippen LogP contribution in [0.5, 0.6) is 0 Å². The summed E-state index contributed by atoms with van der Waals surface area (Å²) in [7, 11) is 0. The fourth-order valence-corrected chi connectivity index (χ4v) is 2.20. The van der Waals surface area contributed by atoms with Crippen molar-refractivity contribution in [2.24, 2.45) is 0 Å². The Labute approximate surface area is 109 Å². The first kappa shape index (κ1) is 13.6. The molecule has 1 aliphatic heterocycles. The van der Waals surface area contributed by atoms with Crippen LogP contribution in [-0.4, -0.2) is 23.9 Å². The first-order chi connectivity index (χ1) is 8.93. The van der Waals surface area contributed by atoms with Crippen molar-refractivity contribution in [2.45, 2.75) is 19.0 Å². The highest BCUT2D eigenvalue weighted by atomic mass is 19.4. The van der Waals surface area contributed by atoms with Gasteiger partial charge in [0.15, 0.2) is 0 Å². The van der Waals surface area contributed by atoms with Gasteiger partial charge in [-0.25, -0.2) is 0 Å². The molecule has 0 bridgehead atoms. The van der Waals surface area contributed by atoms with Gasteiger partial charge in [0.05, 0.1) is 11.1 Å². The van der Waals surface area contributed by atoms with E-state index in [4.69, 9.17) is 0 Å². The van der Waals surface area contributed by atoms with E-state index in [0.29, 0.717) is 18.7 Å². The summed E-state index contributed by atoms with van der Waals surface area (Å²) in [4.78, 5) is 13.6. The molecule has 2 rings (SSSR count). The lowest BCUT2D eigenvalue weighted by atomic mass is 10.0. The standard InChI is InChI=1S/C14H14F3NO/c1-2-10-5-6-12(14(15,16)17)11(9-10)13(19)18-7-3-4-8-18/h2,5-6,9H,1,3-4,7-8H2. The Hall–Kier alpha value is -1.78. The minimum atomic E-state index is -4.52. The van der Waals surface area contributed by atoms with Gasteiger partial charge in [0.1, 0.15) is 0 Å². The van der Waals surface area contributed by atoms with Crippen molar-refractivity contribution in [3.05, 3.63) is 41.5 Å². The van der Waals surface area contributed by atoms with Crippen LogP contribution in [0.15, 0.2) is 24.8 Å². The molecule has 0 aromatic heterocycles. The van der Waals surface area contributed by atoms with E-state index in [9.17, 15) is 18.0 Å². The Bertz CT molecular complexity index is 502. The minimum absolute atomic E-state index is 0.285. The molecule has 0 saturated carbocycles. The molecule has 19 heavy (non-hydrogen) atoms. The van der Waals surface area contributed by atoms with Crippen LogP contribution < -0.4 is 0 Å². The molecule has 1 heterocycles. The predicted octanol–water partition coefficient (Wildman–Crippen LogP) is 3.58. The van der Waals surface area contributed by atoms with Gasteiger partial charge in [-0.2, -0.15) is 13.2 Å². The summed E-state index contributed by atoms with van der Waals surface area (Å²) in [5.74, 6) is -0.548. The van der Waals surface area contributed by atoms with E-state index in [-0.39, 0.29) is 5.56 Å². The van der Waals surface area contributed by atoms with Gasteiger partial charge in [0.2, 0.25) is 0 Å². The molecule has 0 N–H and O–H groups in total. The van der Waals surface area contributed by atoms with Crippen molar-refractivity contribution in [1.29, 1.82) is 0 Å². The van der Waals surface area contributed by atoms with E-state index >= 15 is 0 Å². The Morgan fingerprint density at radius 1 is 1.26 bits per heavy atom. The summed E-state index contributed by atoms with van der Waals surface area (Å²) in [6, 6.07) is 3.52. The Kier molecular flexibility index (Phi) is 3.64. The molecule has 1 fully saturated rings. The zero-order chi connectivity index (χ0) is 14.0. The Morgan fingerprint density at radius 3 is 2.42 bits per heavy atom. The highest BCUT2D eigenvalue weighted by molar-refractivity contribution is 5.96. The lowest BCUT2D eigenvalue weighted by molar-refractivity contribution is -0.138. The zero-order valence-corrected chi connectivity index (χ0v) is 10.3. The molecule has 0 spiro atoms. The molecule has 1 saturated heterocycles. The van der Waals surface area contributed by atoms with Gasteiger partial charge in [-0.05, 0) is 30.5 Å². The molecular weight excluding hydrogens is 255 g/mol. The molecule has 0 atom stereocenters. The van der Waals surface area contributed by atoms with Crippen molar-refractivity contribution in [1.82, 2.24) is 4.90 Å². The SMILES string of the molecule is C=Cc1ccc(C(F)(F)F)c(C(=O)N2CCCC2)c1. The maximum atomic E-state index is 12.9. The van der Waals surface area contributed by atoms with Crippen molar-refractivity contribution >= 4 is 12.0 Å². The van der Waals surface area contributed by atoms with Crippen molar-refractivity contribution < 1.29 is 18.0 Å². The number of carbonyl (C=O) groups excluding carboxylic acids is 1. The van der Waals surface area contributed by atoms with Crippen LogP contribution in [0.4, 0.5) is 13.2 Å². The maximum absolute atomic E-state index is 12.9. The van der Waals surface area contributed by atoms with Crippen LogP contribution in [0.3, 0.4) is 0 Å². The molecule has 0 unspecified atom stereocenters. The quantitative estimate of drug-likeness (QED) is 0.803. The van der Waals surface area contributed by atoms with Gasteiger partial charge in [-0.1, -0.05) is 18.7 Å². The number of nitrogens with zero attached hydrogens (tertiary/aromatic N) is 1. The molecule has 5 heteroatoms. The number of halogens is 3. The molecular formula is C14H14F3NO. The normalized spacial score (nSPS) is 15.6. The summed E-state index contributed by atoms with van der Waals surface area (Å²) in [5, 5.41) is 0. The second-order valence-electron chi connectivity index (χ2n) is 4.51. The van der Waals surface area contributed by atoms with Crippen LogP contribution >= 0.6 is 0 Å². The van der Waals surface area contributed by atoms with Gasteiger partial charge in [-0.15, -0.1) is 0 Å². The third-order valence-corrected chi connectivity index (χ3v) is 3.21. The van der Waals surface area contributed by atoms with E-state index in [2.05, 4.69) is 6.58 Å². The van der Waals surface area contributed by atoms with Crippen LogP contribution in [0, 0.1) is 0 Å². The summed E-state index contributed by atoms with van der Waals surface area (Å²) in [6.07, 6.45) is -1.41. The largest absolute Gasteiger partial charge is 0.417 e. The van der Waals surface area contributed by atoms with Crippen LogP contribution in [0.1, 0.15) is 34.3 Å². The molecule has 2 nitrogen and oxygen atoms in total. The zero-order valence-electron chi connectivity index (χ0n) is 10.3.